The van der Waals surface area contributed by atoms with Crippen molar-refractivity contribution in [3.8, 4) is 0 Å². The topological polar surface area (TPSA) is 44.8 Å². The minimum atomic E-state index is -0.255. The van der Waals surface area contributed by atoms with Gasteiger partial charge < -0.3 is 14.2 Å². The van der Waals surface area contributed by atoms with E-state index in [2.05, 4.69) is 13.8 Å². The zero-order valence-electron chi connectivity index (χ0n) is 9.69. The monoisotopic (exact) mass is 216 g/mol. The zero-order chi connectivity index (χ0) is 11.3. The van der Waals surface area contributed by atoms with Crippen LogP contribution >= 0.6 is 0 Å². The van der Waals surface area contributed by atoms with Gasteiger partial charge in [0, 0.05) is 6.92 Å². The summed E-state index contributed by atoms with van der Waals surface area (Å²) in [7, 11) is 0. The Bertz CT molecular complexity index is 197. The lowest BCUT2D eigenvalue weighted by molar-refractivity contribution is -0.172. The molecule has 0 radical (unpaired) electrons. The molecule has 0 bridgehead atoms. The second-order valence-corrected chi connectivity index (χ2v) is 4.26. The third kappa shape index (κ3) is 4.62. The fourth-order valence-corrected chi connectivity index (χ4v) is 1.67. The first kappa shape index (κ1) is 12.5. The summed E-state index contributed by atoms with van der Waals surface area (Å²) in [5.41, 5.74) is 0. The van der Waals surface area contributed by atoms with Crippen LogP contribution in [0.5, 0.6) is 0 Å². The normalized spacial score (nSPS) is 23.9. The highest BCUT2D eigenvalue weighted by Gasteiger charge is 2.28. The van der Waals surface area contributed by atoms with Crippen LogP contribution in [0.25, 0.3) is 0 Å². The van der Waals surface area contributed by atoms with Crippen molar-refractivity contribution >= 4 is 5.97 Å². The maximum Gasteiger partial charge on any atom is 0.302 e. The molecule has 0 aromatic heterocycles. The molecular formula is C11H20O4. The third-order valence-corrected chi connectivity index (χ3v) is 2.28. The molecule has 0 amide bonds. The highest BCUT2D eigenvalue weighted by atomic mass is 16.6. The van der Waals surface area contributed by atoms with Gasteiger partial charge in [-0.2, -0.15) is 0 Å². The van der Waals surface area contributed by atoms with E-state index < -0.39 is 0 Å². The predicted molar refractivity (Wildman–Crippen MR) is 55.6 cm³/mol. The summed E-state index contributed by atoms with van der Waals surface area (Å²) in [5.74, 6) is 0.217. The lowest BCUT2D eigenvalue weighted by Crippen LogP contribution is -2.41. The van der Waals surface area contributed by atoms with E-state index in [1.807, 2.05) is 0 Å². The van der Waals surface area contributed by atoms with Gasteiger partial charge in [0.1, 0.15) is 12.2 Å². The highest BCUT2D eigenvalue weighted by Crippen LogP contribution is 2.17. The van der Waals surface area contributed by atoms with Crippen molar-refractivity contribution in [1.82, 2.24) is 0 Å². The van der Waals surface area contributed by atoms with E-state index in [9.17, 15) is 4.79 Å². The van der Waals surface area contributed by atoms with Gasteiger partial charge in [0.15, 0.2) is 0 Å². The van der Waals surface area contributed by atoms with E-state index in [1.165, 1.54) is 6.92 Å². The molecule has 1 saturated heterocycles. The molecular weight excluding hydrogens is 196 g/mol. The summed E-state index contributed by atoms with van der Waals surface area (Å²) in [5, 5.41) is 0. The maximum atomic E-state index is 11.0. The zero-order valence-corrected chi connectivity index (χ0v) is 9.69. The first-order valence-corrected chi connectivity index (χ1v) is 5.46. The van der Waals surface area contributed by atoms with Gasteiger partial charge in [-0.25, -0.2) is 0 Å². The number of hydrogen-bond donors (Lipinski definition) is 0. The Morgan fingerprint density at radius 2 is 2.20 bits per heavy atom. The minimum Gasteiger partial charge on any atom is -0.460 e. The standard InChI is InChI=1S/C11H20O4/c1-8(2)6-10(15-9(3)12)11-7-13-4-5-14-11/h8,10-11H,4-7H2,1-3H3. The lowest BCUT2D eigenvalue weighted by atomic mass is 10.0. The Kier molecular flexibility index (Phi) is 5.05. The number of rotatable bonds is 4. The van der Waals surface area contributed by atoms with Gasteiger partial charge in [0.25, 0.3) is 0 Å². The summed E-state index contributed by atoms with van der Waals surface area (Å²) >= 11 is 0. The third-order valence-electron chi connectivity index (χ3n) is 2.28. The van der Waals surface area contributed by atoms with Crippen LogP contribution in [0.4, 0.5) is 0 Å². The Balaban J connectivity index is 2.48. The molecule has 1 heterocycles. The molecule has 88 valence electrons. The summed E-state index contributed by atoms with van der Waals surface area (Å²) in [6, 6.07) is 0. The summed E-state index contributed by atoms with van der Waals surface area (Å²) in [4.78, 5) is 11.0. The van der Waals surface area contributed by atoms with E-state index in [0.29, 0.717) is 25.7 Å². The Morgan fingerprint density at radius 3 is 2.67 bits per heavy atom. The highest BCUT2D eigenvalue weighted by molar-refractivity contribution is 5.66. The quantitative estimate of drug-likeness (QED) is 0.666. The first-order chi connectivity index (χ1) is 7.09. The molecule has 0 saturated carbocycles. The van der Waals surface area contributed by atoms with E-state index >= 15 is 0 Å². The van der Waals surface area contributed by atoms with Gasteiger partial charge in [-0.15, -0.1) is 0 Å². The van der Waals surface area contributed by atoms with Crippen LogP contribution in [0.2, 0.25) is 0 Å². The number of hydrogen-bond acceptors (Lipinski definition) is 4. The average Bonchev–Trinajstić information content (AvgIpc) is 2.17. The van der Waals surface area contributed by atoms with Crippen LogP contribution in [0, 0.1) is 5.92 Å². The molecule has 4 nitrogen and oxygen atoms in total. The van der Waals surface area contributed by atoms with E-state index in [1.54, 1.807) is 0 Å². The Hall–Kier alpha value is -0.610. The van der Waals surface area contributed by atoms with E-state index in [0.717, 1.165) is 6.42 Å². The van der Waals surface area contributed by atoms with Gasteiger partial charge in [-0.3, -0.25) is 4.79 Å². The van der Waals surface area contributed by atoms with Crippen molar-refractivity contribution in [1.29, 1.82) is 0 Å². The molecule has 0 aromatic carbocycles. The van der Waals surface area contributed by atoms with Crippen molar-refractivity contribution in [3.05, 3.63) is 0 Å². The molecule has 2 unspecified atom stereocenters. The molecule has 0 N–H and O–H groups in total. The van der Waals surface area contributed by atoms with Crippen molar-refractivity contribution in [2.24, 2.45) is 5.92 Å². The maximum absolute atomic E-state index is 11.0. The molecule has 15 heavy (non-hydrogen) atoms. The van der Waals surface area contributed by atoms with Crippen molar-refractivity contribution in [3.63, 3.8) is 0 Å². The fourth-order valence-electron chi connectivity index (χ4n) is 1.67. The van der Waals surface area contributed by atoms with Crippen LogP contribution in [0.3, 0.4) is 0 Å². The number of ether oxygens (including phenoxy) is 3. The molecule has 0 spiro atoms. The van der Waals surface area contributed by atoms with Crippen LogP contribution in [0.1, 0.15) is 27.2 Å². The van der Waals surface area contributed by atoms with E-state index in [-0.39, 0.29) is 18.2 Å². The molecule has 0 aliphatic carbocycles. The summed E-state index contributed by atoms with van der Waals surface area (Å²) < 4.78 is 16.1. The Labute approximate surface area is 90.9 Å². The fraction of sp³-hybridized carbons (Fsp3) is 0.909. The van der Waals surface area contributed by atoms with E-state index in [4.69, 9.17) is 14.2 Å². The van der Waals surface area contributed by atoms with Gasteiger partial charge in [0.2, 0.25) is 0 Å². The molecule has 1 fully saturated rings. The number of esters is 1. The lowest BCUT2D eigenvalue weighted by Gasteiger charge is -2.30. The van der Waals surface area contributed by atoms with Gasteiger partial charge in [-0.1, -0.05) is 13.8 Å². The minimum absolute atomic E-state index is 0.106. The summed E-state index contributed by atoms with van der Waals surface area (Å²) in [6.45, 7) is 7.35. The average molecular weight is 216 g/mol. The van der Waals surface area contributed by atoms with Crippen molar-refractivity contribution < 1.29 is 19.0 Å². The smallest absolute Gasteiger partial charge is 0.302 e. The predicted octanol–water partition coefficient (Wildman–Crippen LogP) is 1.38. The van der Waals surface area contributed by atoms with Crippen molar-refractivity contribution in [2.75, 3.05) is 19.8 Å². The SMILES string of the molecule is CC(=O)OC(CC(C)C)C1COCCO1. The van der Waals surface area contributed by atoms with Gasteiger partial charge in [-0.05, 0) is 12.3 Å². The molecule has 1 rings (SSSR count). The molecule has 4 heteroatoms. The number of carbonyl (C=O) groups excluding carboxylic acids is 1. The van der Waals surface area contributed by atoms with Crippen LogP contribution in [-0.4, -0.2) is 38.0 Å². The summed E-state index contributed by atoms with van der Waals surface area (Å²) in [6.07, 6.45) is 0.529. The second kappa shape index (κ2) is 6.08. The Morgan fingerprint density at radius 1 is 1.47 bits per heavy atom. The van der Waals surface area contributed by atoms with Crippen LogP contribution in [-0.2, 0) is 19.0 Å². The first-order valence-electron chi connectivity index (χ1n) is 5.46. The van der Waals surface area contributed by atoms with Crippen LogP contribution in [0.15, 0.2) is 0 Å². The molecule has 1 aliphatic rings. The van der Waals surface area contributed by atoms with Gasteiger partial charge >= 0.3 is 5.97 Å². The molecule has 2 atom stereocenters. The van der Waals surface area contributed by atoms with Crippen molar-refractivity contribution in [2.45, 2.75) is 39.4 Å². The van der Waals surface area contributed by atoms with Crippen LogP contribution < -0.4 is 0 Å². The molecule has 1 aliphatic heterocycles. The largest absolute Gasteiger partial charge is 0.460 e. The molecule has 0 aromatic rings. The van der Waals surface area contributed by atoms with Gasteiger partial charge in [0.05, 0.1) is 19.8 Å². The number of carbonyl (C=O) groups is 1. The second-order valence-electron chi connectivity index (χ2n) is 4.26.